The summed E-state index contributed by atoms with van der Waals surface area (Å²) in [6, 6.07) is 16.5. The molecule has 0 radical (unpaired) electrons. The fourth-order valence-corrected chi connectivity index (χ4v) is 3.65. The Labute approximate surface area is 168 Å². The van der Waals surface area contributed by atoms with E-state index in [4.69, 9.17) is 4.74 Å². The van der Waals surface area contributed by atoms with E-state index in [1.807, 2.05) is 35.7 Å². The van der Waals surface area contributed by atoms with Gasteiger partial charge in [-0.25, -0.2) is 9.78 Å². The lowest BCUT2D eigenvalue weighted by atomic mass is 10.1. The second-order valence-corrected chi connectivity index (χ2v) is 7.16. The number of benzene rings is 2. The smallest absolute Gasteiger partial charge is 0.333 e. The van der Waals surface area contributed by atoms with Crippen LogP contribution in [0.25, 0.3) is 10.6 Å². The number of esters is 1. The van der Waals surface area contributed by atoms with Crippen LogP contribution in [0, 0.1) is 0 Å². The Kier molecular flexibility index (Phi) is 6.55. The average molecular weight is 394 g/mol. The SMILES string of the molecule is CCc1ccc(-c2nc(CC(=O)NC(C(=O)OC)c3ccccc3)cs2)cc1. The maximum atomic E-state index is 12.5. The molecule has 6 heteroatoms. The summed E-state index contributed by atoms with van der Waals surface area (Å²) in [7, 11) is 1.31. The van der Waals surface area contributed by atoms with Gasteiger partial charge in [-0.1, -0.05) is 61.5 Å². The molecule has 0 spiro atoms. The molecule has 1 heterocycles. The van der Waals surface area contributed by atoms with Crippen molar-refractivity contribution in [1.82, 2.24) is 10.3 Å². The normalized spacial score (nSPS) is 11.6. The summed E-state index contributed by atoms with van der Waals surface area (Å²) in [4.78, 5) is 29.1. The first-order valence-electron chi connectivity index (χ1n) is 9.06. The highest BCUT2D eigenvalue weighted by Crippen LogP contribution is 2.24. The van der Waals surface area contributed by atoms with Crippen LogP contribution in [0.3, 0.4) is 0 Å². The highest BCUT2D eigenvalue weighted by molar-refractivity contribution is 7.13. The zero-order chi connectivity index (χ0) is 19.9. The van der Waals surface area contributed by atoms with Gasteiger partial charge in [0.1, 0.15) is 5.01 Å². The molecule has 0 aliphatic heterocycles. The van der Waals surface area contributed by atoms with E-state index in [-0.39, 0.29) is 12.3 Å². The van der Waals surface area contributed by atoms with Gasteiger partial charge in [0.2, 0.25) is 5.91 Å². The molecule has 0 saturated carbocycles. The Morgan fingerprint density at radius 1 is 1.11 bits per heavy atom. The van der Waals surface area contributed by atoms with Gasteiger partial charge in [-0.2, -0.15) is 0 Å². The number of methoxy groups -OCH3 is 1. The zero-order valence-corrected chi connectivity index (χ0v) is 16.7. The molecule has 0 aliphatic carbocycles. The van der Waals surface area contributed by atoms with Gasteiger partial charge >= 0.3 is 5.97 Å². The molecule has 1 amide bonds. The number of aromatic nitrogens is 1. The molecule has 3 aromatic rings. The Hall–Kier alpha value is -2.99. The molecule has 0 fully saturated rings. The lowest BCUT2D eigenvalue weighted by Gasteiger charge is -2.16. The molecular formula is C22H22N2O3S. The summed E-state index contributed by atoms with van der Waals surface area (Å²) < 4.78 is 4.83. The molecule has 1 N–H and O–H groups in total. The van der Waals surface area contributed by atoms with Crippen molar-refractivity contribution in [1.29, 1.82) is 0 Å². The molecule has 1 aromatic heterocycles. The molecule has 0 saturated heterocycles. The molecule has 28 heavy (non-hydrogen) atoms. The molecule has 2 aromatic carbocycles. The van der Waals surface area contributed by atoms with Gasteiger partial charge in [0.05, 0.1) is 19.2 Å². The van der Waals surface area contributed by atoms with Crippen LogP contribution < -0.4 is 5.32 Å². The number of nitrogens with zero attached hydrogens (tertiary/aromatic N) is 1. The summed E-state index contributed by atoms with van der Waals surface area (Å²) >= 11 is 1.50. The Morgan fingerprint density at radius 2 is 1.82 bits per heavy atom. The van der Waals surface area contributed by atoms with Crippen molar-refractivity contribution in [2.75, 3.05) is 7.11 Å². The molecule has 1 unspecified atom stereocenters. The van der Waals surface area contributed by atoms with Gasteiger partial charge in [-0.05, 0) is 17.5 Å². The second kappa shape index (κ2) is 9.28. The number of hydrogen-bond acceptors (Lipinski definition) is 5. The highest BCUT2D eigenvalue weighted by atomic mass is 32.1. The Morgan fingerprint density at radius 3 is 2.46 bits per heavy atom. The third-order valence-corrected chi connectivity index (χ3v) is 5.32. The largest absolute Gasteiger partial charge is 0.467 e. The number of hydrogen-bond donors (Lipinski definition) is 1. The first-order chi connectivity index (χ1) is 13.6. The number of carbonyl (C=O) groups excluding carboxylic acids is 2. The number of ether oxygens (including phenoxy) is 1. The van der Waals surface area contributed by atoms with E-state index in [1.165, 1.54) is 24.0 Å². The zero-order valence-electron chi connectivity index (χ0n) is 15.8. The number of thiazole rings is 1. The van der Waals surface area contributed by atoms with Crippen LogP contribution >= 0.6 is 11.3 Å². The van der Waals surface area contributed by atoms with Gasteiger partial charge < -0.3 is 10.1 Å². The predicted octanol–water partition coefficient (Wildman–Crippen LogP) is 3.95. The predicted molar refractivity (Wildman–Crippen MR) is 110 cm³/mol. The molecule has 0 bridgehead atoms. The number of rotatable bonds is 7. The molecule has 3 rings (SSSR count). The van der Waals surface area contributed by atoms with E-state index in [2.05, 4.69) is 29.4 Å². The topological polar surface area (TPSA) is 68.3 Å². The van der Waals surface area contributed by atoms with Crippen molar-refractivity contribution >= 4 is 23.2 Å². The van der Waals surface area contributed by atoms with Crippen LogP contribution in [0.1, 0.15) is 29.8 Å². The fourth-order valence-electron chi connectivity index (χ4n) is 2.82. The van der Waals surface area contributed by atoms with E-state index in [0.717, 1.165) is 17.0 Å². The van der Waals surface area contributed by atoms with Crippen LogP contribution in [0.5, 0.6) is 0 Å². The van der Waals surface area contributed by atoms with Gasteiger partial charge in [0.15, 0.2) is 6.04 Å². The summed E-state index contributed by atoms with van der Waals surface area (Å²) in [5, 5.41) is 5.49. The average Bonchev–Trinajstić information content (AvgIpc) is 3.20. The highest BCUT2D eigenvalue weighted by Gasteiger charge is 2.23. The molecule has 1 atom stereocenters. The summed E-state index contributed by atoms with van der Waals surface area (Å²) in [5.74, 6) is -0.785. The van der Waals surface area contributed by atoms with Gasteiger partial charge in [0, 0.05) is 10.9 Å². The maximum Gasteiger partial charge on any atom is 0.333 e. The van der Waals surface area contributed by atoms with E-state index in [1.54, 1.807) is 12.1 Å². The third kappa shape index (κ3) is 4.84. The molecule has 5 nitrogen and oxygen atoms in total. The fraction of sp³-hybridized carbons (Fsp3) is 0.227. The monoisotopic (exact) mass is 394 g/mol. The number of aryl methyl sites for hydroxylation is 1. The Bertz CT molecular complexity index is 936. The quantitative estimate of drug-likeness (QED) is 0.616. The summed E-state index contributed by atoms with van der Waals surface area (Å²) in [5.41, 5.74) is 3.66. The van der Waals surface area contributed by atoms with Crippen molar-refractivity contribution in [3.05, 3.63) is 76.8 Å². The van der Waals surface area contributed by atoms with Crippen molar-refractivity contribution in [2.45, 2.75) is 25.8 Å². The number of carbonyl (C=O) groups is 2. The van der Waals surface area contributed by atoms with Crippen LogP contribution in [-0.4, -0.2) is 24.0 Å². The standard InChI is InChI=1S/C22H22N2O3S/c1-3-15-9-11-17(12-10-15)21-23-18(14-28-21)13-19(25)24-20(22(26)27-2)16-7-5-4-6-8-16/h4-12,14,20H,3,13H2,1-2H3,(H,24,25). The van der Waals surface area contributed by atoms with Crippen LogP contribution in [-0.2, 0) is 27.2 Å². The first-order valence-corrected chi connectivity index (χ1v) is 9.94. The van der Waals surface area contributed by atoms with Gasteiger partial charge in [0.25, 0.3) is 0 Å². The molecular weight excluding hydrogens is 372 g/mol. The minimum Gasteiger partial charge on any atom is -0.467 e. The Balaban J connectivity index is 1.68. The lowest BCUT2D eigenvalue weighted by Crippen LogP contribution is -2.35. The van der Waals surface area contributed by atoms with Crippen molar-refractivity contribution in [3.8, 4) is 10.6 Å². The number of amides is 1. The van der Waals surface area contributed by atoms with E-state index >= 15 is 0 Å². The molecule has 0 aliphatic rings. The molecule has 144 valence electrons. The van der Waals surface area contributed by atoms with E-state index < -0.39 is 12.0 Å². The second-order valence-electron chi connectivity index (χ2n) is 6.31. The minimum absolute atomic E-state index is 0.101. The number of nitrogens with one attached hydrogen (secondary N) is 1. The van der Waals surface area contributed by atoms with Gasteiger partial charge in [-0.3, -0.25) is 4.79 Å². The van der Waals surface area contributed by atoms with Crippen molar-refractivity contribution in [2.24, 2.45) is 0 Å². The lowest BCUT2D eigenvalue weighted by molar-refractivity contribution is -0.145. The summed E-state index contributed by atoms with van der Waals surface area (Å²) in [6.07, 6.45) is 1.09. The first kappa shape index (κ1) is 19.8. The maximum absolute atomic E-state index is 12.5. The van der Waals surface area contributed by atoms with Crippen LogP contribution in [0.4, 0.5) is 0 Å². The summed E-state index contributed by atoms with van der Waals surface area (Å²) in [6.45, 7) is 2.12. The van der Waals surface area contributed by atoms with E-state index in [9.17, 15) is 9.59 Å². The third-order valence-electron chi connectivity index (χ3n) is 4.38. The minimum atomic E-state index is -0.835. The van der Waals surface area contributed by atoms with Crippen LogP contribution in [0.2, 0.25) is 0 Å². The van der Waals surface area contributed by atoms with Crippen LogP contribution in [0.15, 0.2) is 60.0 Å². The van der Waals surface area contributed by atoms with E-state index in [0.29, 0.717) is 11.3 Å². The van der Waals surface area contributed by atoms with Crippen molar-refractivity contribution < 1.29 is 14.3 Å². The van der Waals surface area contributed by atoms with Gasteiger partial charge in [-0.15, -0.1) is 11.3 Å². The van der Waals surface area contributed by atoms with Crippen molar-refractivity contribution in [3.63, 3.8) is 0 Å².